The molecule has 0 aliphatic rings. The number of rotatable bonds is 7. The predicted molar refractivity (Wildman–Crippen MR) is 118 cm³/mol. The molecule has 1 N–H and O–H groups in total. The topological polar surface area (TPSA) is 85.7 Å². The molecule has 9 heteroatoms. The molecule has 2 aromatic carbocycles. The third-order valence-electron chi connectivity index (χ3n) is 4.67. The molecule has 0 saturated heterocycles. The van der Waals surface area contributed by atoms with Crippen molar-refractivity contribution in [2.45, 2.75) is 6.54 Å². The molecule has 0 aliphatic heterocycles. The molecule has 0 spiro atoms. The van der Waals surface area contributed by atoms with Gasteiger partial charge in [-0.05, 0) is 29.8 Å². The van der Waals surface area contributed by atoms with E-state index in [-0.39, 0.29) is 17.5 Å². The highest BCUT2D eigenvalue weighted by atomic mass is 35.5. The number of amides is 2. The van der Waals surface area contributed by atoms with Gasteiger partial charge in [-0.3, -0.25) is 14.3 Å². The third kappa shape index (κ3) is 4.97. The lowest BCUT2D eigenvalue weighted by Crippen LogP contribution is -2.26. The van der Waals surface area contributed by atoms with Gasteiger partial charge in [0.25, 0.3) is 11.8 Å². The maximum atomic E-state index is 12.9. The number of carbonyl (C=O) groups is 2. The molecule has 162 valence electrons. The highest BCUT2D eigenvalue weighted by Gasteiger charge is 2.19. The molecule has 1 heterocycles. The number of benzene rings is 2. The number of nitrogens with one attached hydrogen (secondary N) is 1. The summed E-state index contributed by atoms with van der Waals surface area (Å²) in [6, 6.07) is 13.7. The Labute approximate surface area is 185 Å². The zero-order chi connectivity index (χ0) is 22.5. The van der Waals surface area contributed by atoms with Crippen LogP contribution in [0.2, 0.25) is 5.02 Å². The third-order valence-corrected chi connectivity index (χ3v) is 5.00. The van der Waals surface area contributed by atoms with Gasteiger partial charge in [-0.15, -0.1) is 0 Å². The van der Waals surface area contributed by atoms with Crippen molar-refractivity contribution in [3.05, 3.63) is 70.4 Å². The van der Waals surface area contributed by atoms with E-state index in [0.717, 1.165) is 5.56 Å². The summed E-state index contributed by atoms with van der Waals surface area (Å²) >= 11 is 6.08. The lowest BCUT2D eigenvalue weighted by Gasteiger charge is -2.17. The van der Waals surface area contributed by atoms with Crippen LogP contribution in [0.15, 0.2) is 48.5 Å². The van der Waals surface area contributed by atoms with Crippen LogP contribution < -0.4 is 14.8 Å². The summed E-state index contributed by atoms with van der Waals surface area (Å²) in [5.41, 5.74) is 1.42. The lowest BCUT2D eigenvalue weighted by molar-refractivity contribution is 0.0778. The molecule has 0 atom stereocenters. The zero-order valence-corrected chi connectivity index (χ0v) is 18.4. The summed E-state index contributed by atoms with van der Waals surface area (Å²) < 4.78 is 12.0. The summed E-state index contributed by atoms with van der Waals surface area (Å²) in [6.45, 7) is 0.344. The highest BCUT2D eigenvalue weighted by Crippen LogP contribution is 2.28. The monoisotopic (exact) mass is 442 g/mol. The molecule has 0 fully saturated rings. The largest absolute Gasteiger partial charge is 0.493 e. The van der Waals surface area contributed by atoms with Crippen molar-refractivity contribution in [2.24, 2.45) is 7.05 Å². The van der Waals surface area contributed by atoms with Crippen LogP contribution in [0.3, 0.4) is 0 Å². The Morgan fingerprint density at radius 2 is 1.81 bits per heavy atom. The molecule has 0 bridgehead atoms. The number of methoxy groups -OCH3 is 2. The van der Waals surface area contributed by atoms with E-state index in [0.29, 0.717) is 34.4 Å². The normalized spacial score (nSPS) is 10.5. The number of aromatic nitrogens is 2. The first-order valence-electron chi connectivity index (χ1n) is 9.40. The van der Waals surface area contributed by atoms with Gasteiger partial charge in [0.15, 0.2) is 17.2 Å². The van der Waals surface area contributed by atoms with Crippen LogP contribution in [0.4, 0.5) is 5.82 Å². The average Bonchev–Trinajstić information content (AvgIpc) is 3.13. The van der Waals surface area contributed by atoms with Crippen molar-refractivity contribution >= 4 is 29.2 Å². The number of hydrogen-bond acceptors (Lipinski definition) is 5. The van der Waals surface area contributed by atoms with Gasteiger partial charge < -0.3 is 19.7 Å². The van der Waals surface area contributed by atoms with Gasteiger partial charge in [-0.1, -0.05) is 29.8 Å². The van der Waals surface area contributed by atoms with E-state index in [2.05, 4.69) is 10.4 Å². The Kier molecular flexibility index (Phi) is 6.81. The first-order valence-corrected chi connectivity index (χ1v) is 9.78. The number of ether oxygens (including phenoxy) is 2. The van der Waals surface area contributed by atoms with E-state index >= 15 is 0 Å². The Hall–Kier alpha value is -3.52. The minimum atomic E-state index is -0.383. The van der Waals surface area contributed by atoms with Crippen LogP contribution in [0, 0.1) is 0 Å². The van der Waals surface area contributed by atoms with Gasteiger partial charge >= 0.3 is 0 Å². The first-order chi connectivity index (χ1) is 14.8. The minimum absolute atomic E-state index is 0.208. The molecule has 1 aromatic heterocycles. The minimum Gasteiger partial charge on any atom is -0.493 e. The van der Waals surface area contributed by atoms with Crippen LogP contribution in [0.5, 0.6) is 11.5 Å². The van der Waals surface area contributed by atoms with Crippen molar-refractivity contribution in [1.82, 2.24) is 14.7 Å². The van der Waals surface area contributed by atoms with Crippen molar-refractivity contribution in [2.75, 3.05) is 26.6 Å². The number of carbonyl (C=O) groups excluding carboxylic acids is 2. The highest BCUT2D eigenvalue weighted by molar-refractivity contribution is 6.34. The molecule has 3 aromatic rings. The summed E-state index contributed by atoms with van der Waals surface area (Å²) in [4.78, 5) is 26.9. The number of nitrogens with zero attached hydrogens (tertiary/aromatic N) is 3. The van der Waals surface area contributed by atoms with Gasteiger partial charge in [-0.25, -0.2) is 0 Å². The molecule has 2 amide bonds. The molecule has 0 aliphatic carbocycles. The molecular weight excluding hydrogens is 420 g/mol. The molecule has 0 saturated carbocycles. The summed E-state index contributed by atoms with van der Waals surface area (Å²) in [7, 11) is 6.45. The first kappa shape index (κ1) is 22.2. The van der Waals surface area contributed by atoms with Crippen LogP contribution >= 0.6 is 11.6 Å². The maximum Gasteiger partial charge on any atom is 0.274 e. The molecule has 8 nitrogen and oxygen atoms in total. The van der Waals surface area contributed by atoms with E-state index in [1.165, 1.54) is 15.6 Å². The second-order valence-corrected chi connectivity index (χ2v) is 7.23. The second kappa shape index (κ2) is 9.53. The number of aryl methyl sites for hydroxylation is 1. The average molecular weight is 443 g/mol. The van der Waals surface area contributed by atoms with Crippen molar-refractivity contribution < 1.29 is 19.1 Å². The fourth-order valence-electron chi connectivity index (χ4n) is 3.04. The Morgan fingerprint density at radius 3 is 2.48 bits per heavy atom. The van der Waals surface area contributed by atoms with Gasteiger partial charge in [0, 0.05) is 26.7 Å². The number of hydrogen-bond donors (Lipinski definition) is 1. The van der Waals surface area contributed by atoms with E-state index in [9.17, 15) is 9.59 Å². The number of halogens is 1. The standard InChI is InChI=1S/C22H23ClN4O4/c1-26(13-14-9-10-18(30-3)19(11-14)31-4)22(29)17-12-20(27(2)25-17)24-21(28)15-7-5-6-8-16(15)23/h5-12H,13H2,1-4H3,(H,24,28). The lowest BCUT2D eigenvalue weighted by atomic mass is 10.2. The van der Waals surface area contributed by atoms with E-state index in [4.69, 9.17) is 21.1 Å². The quantitative estimate of drug-likeness (QED) is 0.604. The van der Waals surface area contributed by atoms with Gasteiger partial charge in [0.2, 0.25) is 0 Å². The summed E-state index contributed by atoms with van der Waals surface area (Å²) in [5.74, 6) is 0.912. The molecule has 3 rings (SSSR count). The van der Waals surface area contributed by atoms with Crippen LogP contribution in [-0.2, 0) is 13.6 Å². The van der Waals surface area contributed by atoms with Crippen molar-refractivity contribution in [3.63, 3.8) is 0 Å². The Balaban J connectivity index is 1.72. The van der Waals surface area contributed by atoms with E-state index in [1.807, 2.05) is 12.1 Å². The zero-order valence-electron chi connectivity index (χ0n) is 17.7. The summed E-state index contributed by atoms with van der Waals surface area (Å²) in [6.07, 6.45) is 0. The predicted octanol–water partition coefficient (Wildman–Crippen LogP) is 3.62. The maximum absolute atomic E-state index is 12.9. The van der Waals surface area contributed by atoms with E-state index in [1.54, 1.807) is 58.6 Å². The van der Waals surface area contributed by atoms with Crippen molar-refractivity contribution in [1.29, 1.82) is 0 Å². The van der Waals surface area contributed by atoms with Crippen LogP contribution in [-0.4, -0.2) is 47.8 Å². The van der Waals surface area contributed by atoms with Gasteiger partial charge in [0.1, 0.15) is 5.82 Å². The van der Waals surface area contributed by atoms with Gasteiger partial charge in [0.05, 0.1) is 24.8 Å². The van der Waals surface area contributed by atoms with Crippen LogP contribution in [0.25, 0.3) is 0 Å². The van der Waals surface area contributed by atoms with Gasteiger partial charge in [-0.2, -0.15) is 5.10 Å². The Morgan fingerprint density at radius 1 is 1.10 bits per heavy atom. The molecule has 0 unspecified atom stereocenters. The SMILES string of the molecule is COc1ccc(CN(C)C(=O)c2cc(NC(=O)c3ccccc3Cl)n(C)n2)cc1OC. The second-order valence-electron chi connectivity index (χ2n) is 6.82. The molecule has 31 heavy (non-hydrogen) atoms. The Bertz CT molecular complexity index is 1110. The smallest absolute Gasteiger partial charge is 0.274 e. The fraction of sp³-hybridized carbons (Fsp3) is 0.227. The van der Waals surface area contributed by atoms with Crippen LogP contribution in [0.1, 0.15) is 26.4 Å². The molecule has 0 radical (unpaired) electrons. The van der Waals surface area contributed by atoms with Crippen molar-refractivity contribution in [3.8, 4) is 11.5 Å². The number of anilines is 1. The summed E-state index contributed by atoms with van der Waals surface area (Å²) in [5, 5.41) is 7.31. The van der Waals surface area contributed by atoms with E-state index < -0.39 is 0 Å². The fourth-order valence-corrected chi connectivity index (χ4v) is 3.26. The molecular formula is C22H23ClN4O4.